The molecule has 2 aromatic heterocycles. The maximum atomic E-state index is 13.4. The van der Waals surface area contributed by atoms with E-state index in [2.05, 4.69) is 74.7 Å². The van der Waals surface area contributed by atoms with Crippen LogP contribution in [0.5, 0.6) is 0 Å². The summed E-state index contributed by atoms with van der Waals surface area (Å²) in [5, 5.41) is 7.99. The molecule has 4 aromatic carbocycles. The van der Waals surface area contributed by atoms with Crippen LogP contribution in [0.4, 0.5) is 0 Å². The molecule has 0 saturated carbocycles. The third kappa shape index (κ3) is 7.86. The van der Waals surface area contributed by atoms with Gasteiger partial charge in [-0.3, -0.25) is 9.59 Å². The number of aryl methyl sites for hydroxylation is 4. The predicted octanol–water partition coefficient (Wildman–Crippen LogP) is 9.46. The minimum absolute atomic E-state index is 0.0725. The van der Waals surface area contributed by atoms with Crippen LogP contribution in [0.2, 0.25) is 0 Å². The molecule has 0 fully saturated rings. The van der Waals surface area contributed by atoms with Crippen molar-refractivity contribution in [3.8, 4) is 22.5 Å². The van der Waals surface area contributed by atoms with Crippen LogP contribution < -0.4 is 10.6 Å². The second-order valence-electron chi connectivity index (χ2n) is 13.1. The van der Waals surface area contributed by atoms with Crippen LogP contribution in [0.1, 0.15) is 75.1 Å². The molecule has 6 nitrogen and oxygen atoms in total. The first-order valence-corrected chi connectivity index (χ1v) is 17.3. The molecular weight excluding hydrogens is 604 g/mol. The van der Waals surface area contributed by atoms with Gasteiger partial charge in [-0.1, -0.05) is 103 Å². The van der Waals surface area contributed by atoms with Crippen molar-refractivity contribution < 1.29 is 9.59 Å². The van der Waals surface area contributed by atoms with Gasteiger partial charge in [0.15, 0.2) is 0 Å². The van der Waals surface area contributed by atoms with Crippen molar-refractivity contribution in [2.45, 2.75) is 59.8 Å². The molecule has 0 spiro atoms. The smallest absolute Gasteiger partial charge is 0.252 e. The summed E-state index contributed by atoms with van der Waals surface area (Å²) >= 11 is 0. The highest BCUT2D eigenvalue weighted by Gasteiger charge is 2.16. The maximum absolute atomic E-state index is 13.4. The number of nitrogens with zero attached hydrogens (tertiary/aromatic N) is 2. The lowest BCUT2D eigenvalue weighted by Crippen LogP contribution is -2.25. The van der Waals surface area contributed by atoms with Gasteiger partial charge in [0, 0.05) is 35.0 Å². The highest BCUT2D eigenvalue weighted by atomic mass is 16.2. The van der Waals surface area contributed by atoms with Gasteiger partial charge >= 0.3 is 0 Å². The van der Waals surface area contributed by atoms with Crippen LogP contribution in [0, 0.1) is 27.7 Å². The summed E-state index contributed by atoms with van der Waals surface area (Å²) in [7, 11) is 0. The Labute approximate surface area is 289 Å². The minimum Gasteiger partial charge on any atom is -0.352 e. The van der Waals surface area contributed by atoms with E-state index in [1.807, 2.05) is 60.7 Å². The molecule has 248 valence electrons. The van der Waals surface area contributed by atoms with Gasteiger partial charge in [-0.05, 0) is 75.9 Å². The van der Waals surface area contributed by atoms with Crippen LogP contribution in [-0.2, 0) is 0 Å². The number of nitrogens with one attached hydrogen (secondary N) is 2. The summed E-state index contributed by atoms with van der Waals surface area (Å²) in [6.45, 7) is 9.55. The number of benzene rings is 4. The van der Waals surface area contributed by atoms with E-state index in [0.29, 0.717) is 24.2 Å². The van der Waals surface area contributed by atoms with E-state index in [4.69, 9.17) is 9.97 Å². The number of hydrogen-bond acceptors (Lipinski definition) is 4. The summed E-state index contributed by atoms with van der Waals surface area (Å²) < 4.78 is 0. The number of hydrogen-bond donors (Lipinski definition) is 2. The summed E-state index contributed by atoms with van der Waals surface area (Å²) in [6.07, 6.45) is 4.85. The molecule has 0 atom stereocenters. The topological polar surface area (TPSA) is 84.0 Å². The lowest BCUT2D eigenvalue weighted by atomic mass is 9.99. The van der Waals surface area contributed by atoms with Crippen LogP contribution >= 0.6 is 0 Å². The van der Waals surface area contributed by atoms with E-state index in [-0.39, 0.29) is 11.8 Å². The number of carbonyl (C=O) groups is 2. The van der Waals surface area contributed by atoms with Crippen molar-refractivity contribution in [3.63, 3.8) is 0 Å². The fraction of sp³-hybridized carbons (Fsp3) is 0.256. The minimum atomic E-state index is -0.0725. The van der Waals surface area contributed by atoms with E-state index in [1.165, 1.54) is 11.1 Å². The number of amides is 2. The zero-order valence-electron chi connectivity index (χ0n) is 28.9. The van der Waals surface area contributed by atoms with Crippen LogP contribution in [0.25, 0.3) is 44.3 Å². The molecule has 2 heterocycles. The van der Waals surface area contributed by atoms with Gasteiger partial charge in [0.2, 0.25) is 0 Å². The SMILES string of the molecule is Cc1ccc(-c2cc(C(=O)NCCCCCCCNC(=O)c3cc(-c4ccc(C)cc4C)nc4ccccc34)c3ccccc3n2)c(C)c1. The second kappa shape index (κ2) is 15.2. The summed E-state index contributed by atoms with van der Waals surface area (Å²) in [6, 6.07) is 32.1. The van der Waals surface area contributed by atoms with Gasteiger partial charge in [0.25, 0.3) is 11.8 Å². The monoisotopic (exact) mass is 648 g/mol. The first-order valence-electron chi connectivity index (χ1n) is 17.3. The van der Waals surface area contributed by atoms with E-state index >= 15 is 0 Å². The zero-order valence-corrected chi connectivity index (χ0v) is 28.9. The number of rotatable bonds is 12. The van der Waals surface area contributed by atoms with Crippen molar-refractivity contribution in [1.29, 1.82) is 0 Å². The third-order valence-electron chi connectivity index (χ3n) is 9.16. The Morgan fingerprint density at radius 2 is 0.918 bits per heavy atom. The summed E-state index contributed by atoms with van der Waals surface area (Å²) in [5.74, 6) is -0.145. The van der Waals surface area contributed by atoms with Crippen molar-refractivity contribution >= 4 is 33.6 Å². The number of fused-ring (bicyclic) bond motifs is 2. The average Bonchev–Trinajstić information content (AvgIpc) is 3.09. The molecule has 2 N–H and O–H groups in total. The van der Waals surface area contributed by atoms with Crippen LogP contribution in [-0.4, -0.2) is 34.9 Å². The largest absolute Gasteiger partial charge is 0.352 e. The highest BCUT2D eigenvalue weighted by molar-refractivity contribution is 6.08. The van der Waals surface area contributed by atoms with Gasteiger partial charge in [-0.2, -0.15) is 0 Å². The molecule has 0 unspecified atom stereocenters. The number of pyridine rings is 2. The fourth-order valence-electron chi connectivity index (χ4n) is 6.58. The first-order chi connectivity index (χ1) is 23.8. The number of unbranched alkanes of at least 4 members (excludes halogenated alkanes) is 4. The second-order valence-corrected chi connectivity index (χ2v) is 13.1. The fourth-order valence-corrected chi connectivity index (χ4v) is 6.58. The summed E-state index contributed by atoms with van der Waals surface area (Å²) in [4.78, 5) is 36.5. The molecule has 0 aliphatic rings. The van der Waals surface area contributed by atoms with E-state index < -0.39 is 0 Å². The van der Waals surface area contributed by atoms with Gasteiger partial charge < -0.3 is 10.6 Å². The number of carbonyl (C=O) groups excluding carboxylic acids is 2. The normalized spacial score (nSPS) is 11.2. The lowest BCUT2D eigenvalue weighted by molar-refractivity contribution is 0.0947. The summed E-state index contributed by atoms with van der Waals surface area (Å²) in [5.41, 5.74) is 11.3. The Hall–Kier alpha value is -5.36. The Morgan fingerprint density at radius 3 is 1.35 bits per heavy atom. The molecule has 0 aliphatic heterocycles. The molecule has 6 aromatic rings. The van der Waals surface area contributed by atoms with Gasteiger partial charge in [0.1, 0.15) is 0 Å². The van der Waals surface area contributed by atoms with Crippen LogP contribution in [0.3, 0.4) is 0 Å². The molecule has 6 rings (SSSR count). The van der Waals surface area contributed by atoms with Crippen molar-refractivity contribution in [3.05, 3.63) is 130 Å². The molecule has 0 saturated heterocycles. The highest BCUT2D eigenvalue weighted by Crippen LogP contribution is 2.29. The third-order valence-corrected chi connectivity index (χ3v) is 9.16. The van der Waals surface area contributed by atoms with E-state index in [9.17, 15) is 9.59 Å². The number of para-hydroxylation sites is 2. The Bertz CT molecular complexity index is 2000. The van der Waals surface area contributed by atoms with E-state index in [0.717, 1.165) is 87.6 Å². The number of aromatic nitrogens is 2. The molecular formula is C43H44N4O2. The van der Waals surface area contributed by atoms with Gasteiger partial charge in [-0.15, -0.1) is 0 Å². The molecule has 6 heteroatoms. The molecule has 0 aliphatic carbocycles. The quantitative estimate of drug-likeness (QED) is 0.130. The van der Waals surface area contributed by atoms with Crippen molar-refractivity contribution in [1.82, 2.24) is 20.6 Å². The Balaban J connectivity index is 0.985. The average molecular weight is 649 g/mol. The molecule has 2 amide bonds. The van der Waals surface area contributed by atoms with Gasteiger partial charge in [0.05, 0.1) is 33.5 Å². The maximum Gasteiger partial charge on any atom is 0.252 e. The van der Waals surface area contributed by atoms with Crippen LogP contribution in [0.15, 0.2) is 97.1 Å². The molecule has 0 radical (unpaired) electrons. The zero-order chi connectivity index (χ0) is 34.3. The first kappa shape index (κ1) is 33.5. The standard InChI is InChI=1S/C43H44N4O2/c1-28-18-20-32(30(3)24-28)40-26-36(34-14-8-10-16-38(34)46-40)42(48)44-22-12-6-5-7-13-23-45-43(49)37-27-41(33-21-19-29(2)25-31(33)4)47-39-17-11-9-15-35(37)39/h8-11,14-21,24-27H,5-7,12-13,22-23H2,1-4H3,(H,44,48)(H,45,49). The lowest BCUT2D eigenvalue weighted by Gasteiger charge is -2.13. The Kier molecular flexibility index (Phi) is 10.4. The van der Waals surface area contributed by atoms with E-state index in [1.54, 1.807) is 0 Å². The predicted molar refractivity (Wildman–Crippen MR) is 201 cm³/mol. The Morgan fingerprint density at radius 1 is 0.510 bits per heavy atom. The van der Waals surface area contributed by atoms with Crippen molar-refractivity contribution in [2.75, 3.05) is 13.1 Å². The molecule has 0 bridgehead atoms. The van der Waals surface area contributed by atoms with Gasteiger partial charge in [-0.25, -0.2) is 9.97 Å². The molecule has 49 heavy (non-hydrogen) atoms. The van der Waals surface area contributed by atoms with Crippen molar-refractivity contribution in [2.24, 2.45) is 0 Å².